The second kappa shape index (κ2) is 5.83. The van der Waals surface area contributed by atoms with E-state index in [1.165, 1.54) is 10.9 Å². The Morgan fingerprint density at radius 3 is 2.90 bits per heavy atom. The fourth-order valence-corrected chi connectivity index (χ4v) is 2.47. The molecule has 2 N–H and O–H groups in total. The van der Waals surface area contributed by atoms with Crippen molar-refractivity contribution in [3.05, 3.63) is 71.4 Å². The van der Waals surface area contributed by atoms with Crippen molar-refractivity contribution in [1.82, 2.24) is 10.3 Å². The molecule has 1 aromatic heterocycles. The first kappa shape index (κ1) is 13.4. The molecule has 21 heavy (non-hydrogen) atoms. The predicted molar refractivity (Wildman–Crippen MR) is 85.5 cm³/mol. The highest BCUT2D eigenvalue weighted by molar-refractivity contribution is 5.94. The quantitative estimate of drug-likeness (QED) is 0.754. The average molecular weight is 278 g/mol. The lowest BCUT2D eigenvalue weighted by Crippen LogP contribution is -2.25. The Kier molecular flexibility index (Phi) is 3.73. The van der Waals surface area contributed by atoms with Gasteiger partial charge in [0.15, 0.2) is 0 Å². The summed E-state index contributed by atoms with van der Waals surface area (Å²) >= 11 is 0. The molecule has 0 spiro atoms. The topological polar surface area (TPSA) is 44.9 Å². The third kappa shape index (κ3) is 3.14. The number of rotatable bonds is 4. The van der Waals surface area contributed by atoms with Gasteiger partial charge >= 0.3 is 0 Å². The summed E-state index contributed by atoms with van der Waals surface area (Å²) in [7, 11) is 0. The maximum Gasteiger partial charge on any atom is 0.251 e. The number of fused-ring (bicyclic) bond motifs is 1. The Bertz CT molecular complexity index is 773. The molecule has 3 nitrogen and oxygen atoms in total. The van der Waals surface area contributed by atoms with Gasteiger partial charge in [0.1, 0.15) is 0 Å². The van der Waals surface area contributed by atoms with Crippen LogP contribution in [0.2, 0.25) is 0 Å². The van der Waals surface area contributed by atoms with Gasteiger partial charge in [-0.3, -0.25) is 4.79 Å². The van der Waals surface area contributed by atoms with Gasteiger partial charge in [-0.05, 0) is 54.6 Å². The van der Waals surface area contributed by atoms with Gasteiger partial charge in [-0.25, -0.2) is 0 Å². The molecule has 3 aromatic rings. The van der Waals surface area contributed by atoms with Crippen LogP contribution in [0.3, 0.4) is 0 Å². The minimum absolute atomic E-state index is 0.0126. The van der Waals surface area contributed by atoms with E-state index >= 15 is 0 Å². The average Bonchev–Trinajstić information content (AvgIpc) is 2.94. The Morgan fingerprint density at radius 1 is 1.14 bits per heavy atom. The van der Waals surface area contributed by atoms with Gasteiger partial charge < -0.3 is 10.3 Å². The van der Waals surface area contributed by atoms with Crippen LogP contribution >= 0.6 is 0 Å². The Balaban J connectivity index is 1.59. The lowest BCUT2D eigenvalue weighted by Gasteiger charge is -2.06. The molecular weight excluding hydrogens is 260 g/mol. The molecule has 106 valence electrons. The second-order valence-electron chi connectivity index (χ2n) is 5.27. The zero-order chi connectivity index (χ0) is 14.7. The Labute approximate surface area is 124 Å². The number of aromatic amines is 1. The van der Waals surface area contributed by atoms with E-state index in [1.54, 1.807) is 0 Å². The first-order chi connectivity index (χ1) is 10.2. The molecule has 0 saturated carbocycles. The number of hydrogen-bond acceptors (Lipinski definition) is 1. The zero-order valence-corrected chi connectivity index (χ0v) is 12.0. The smallest absolute Gasteiger partial charge is 0.251 e. The number of hydrogen-bond donors (Lipinski definition) is 2. The fraction of sp³-hybridized carbons (Fsp3) is 0.167. The number of H-pyrrole nitrogens is 1. The minimum Gasteiger partial charge on any atom is -0.361 e. The minimum atomic E-state index is -0.0126. The molecule has 0 aliphatic heterocycles. The lowest BCUT2D eigenvalue weighted by atomic mass is 10.1. The SMILES string of the molecule is Cc1cccc(C(=O)NCCc2ccc3[nH]ccc3c2)c1. The van der Waals surface area contributed by atoms with Crippen LogP contribution in [0.5, 0.6) is 0 Å². The van der Waals surface area contributed by atoms with Gasteiger partial charge in [0.05, 0.1) is 0 Å². The van der Waals surface area contributed by atoms with Gasteiger partial charge in [-0.15, -0.1) is 0 Å². The van der Waals surface area contributed by atoms with Crippen LogP contribution in [0, 0.1) is 6.92 Å². The van der Waals surface area contributed by atoms with Crippen molar-refractivity contribution in [2.24, 2.45) is 0 Å². The van der Waals surface area contributed by atoms with Gasteiger partial charge in [0.2, 0.25) is 0 Å². The molecule has 1 amide bonds. The van der Waals surface area contributed by atoms with Crippen molar-refractivity contribution in [2.75, 3.05) is 6.54 Å². The van der Waals surface area contributed by atoms with E-state index in [2.05, 4.69) is 34.6 Å². The number of amides is 1. The van der Waals surface area contributed by atoms with Crippen LogP contribution in [0.15, 0.2) is 54.7 Å². The second-order valence-corrected chi connectivity index (χ2v) is 5.27. The van der Waals surface area contributed by atoms with Crippen LogP contribution < -0.4 is 5.32 Å². The molecular formula is C18H18N2O. The third-order valence-electron chi connectivity index (χ3n) is 3.60. The van der Waals surface area contributed by atoms with Crippen LogP contribution in [0.4, 0.5) is 0 Å². The van der Waals surface area contributed by atoms with E-state index < -0.39 is 0 Å². The number of aryl methyl sites for hydroxylation is 1. The standard InChI is InChI=1S/C18H18N2O/c1-13-3-2-4-16(11-13)18(21)20-9-7-14-5-6-17-15(12-14)8-10-19-17/h2-6,8,10-12,19H,7,9H2,1H3,(H,20,21). The number of carbonyl (C=O) groups is 1. The molecule has 0 radical (unpaired) electrons. The van der Waals surface area contributed by atoms with E-state index in [1.807, 2.05) is 37.4 Å². The van der Waals surface area contributed by atoms with E-state index in [4.69, 9.17) is 0 Å². The summed E-state index contributed by atoms with van der Waals surface area (Å²) < 4.78 is 0. The molecule has 2 aromatic carbocycles. The van der Waals surface area contributed by atoms with E-state index in [0.29, 0.717) is 6.54 Å². The lowest BCUT2D eigenvalue weighted by molar-refractivity contribution is 0.0954. The highest BCUT2D eigenvalue weighted by Gasteiger charge is 2.05. The number of carbonyl (C=O) groups excluding carboxylic acids is 1. The monoisotopic (exact) mass is 278 g/mol. The van der Waals surface area contributed by atoms with Crippen molar-refractivity contribution < 1.29 is 4.79 Å². The largest absolute Gasteiger partial charge is 0.361 e. The molecule has 0 atom stereocenters. The van der Waals surface area contributed by atoms with Gasteiger partial charge in [0, 0.05) is 23.8 Å². The Hall–Kier alpha value is -2.55. The maximum absolute atomic E-state index is 12.0. The first-order valence-corrected chi connectivity index (χ1v) is 7.13. The Morgan fingerprint density at radius 2 is 2.05 bits per heavy atom. The van der Waals surface area contributed by atoms with Crippen LogP contribution in [-0.4, -0.2) is 17.4 Å². The van der Waals surface area contributed by atoms with Gasteiger partial charge in [0.25, 0.3) is 5.91 Å². The van der Waals surface area contributed by atoms with Crippen molar-refractivity contribution in [2.45, 2.75) is 13.3 Å². The summed E-state index contributed by atoms with van der Waals surface area (Å²) in [6.07, 6.45) is 2.77. The summed E-state index contributed by atoms with van der Waals surface area (Å²) in [6, 6.07) is 16.0. The van der Waals surface area contributed by atoms with Gasteiger partial charge in [-0.2, -0.15) is 0 Å². The summed E-state index contributed by atoms with van der Waals surface area (Å²) in [5.41, 5.74) is 4.19. The van der Waals surface area contributed by atoms with Crippen LogP contribution in [0.25, 0.3) is 10.9 Å². The highest BCUT2D eigenvalue weighted by Crippen LogP contribution is 2.14. The van der Waals surface area contributed by atoms with Crippen molar-refractivity contribution >= 4 is 16.8 Å². The molecule has 0 aliphatic rings. The summed E-state index contributed by atoms with van der Waals surface area (Å²) in [5.74, 6) is -0.0126. The summed E-state index contributed by atoms with van der Waals surface area (Å²) in [6.45, 7) is 2.63. The van der Waals surface area contributed by atoms with Crippen LogP contribution in [0.1, 0.15) is 21.5 Å². The normalized spacial score (nSPS) is 10.7. The van der Waals surface area contributed by atoms with Gasteiger partial charge in [-0.1, -0.05) is 23.8 Å². The van der Waals surface area contributed by atoms with Crippen LogP contribution in [-0.2, 0) is 6.42 Å². The molecule has 1 heterocycles. The fourth-order valence-electron chi connectivity index (χ4n) is 2.47. The van der Waals surface area contributed by atoms with E-state index in [0.717, 1.165) is 23.1 Å². The number of nitrogens with one attached hydrogen (secondary N) is 2. The van der Waals surface area contributed by atoms with Crippen molar-refractivity contribution in [3.63, 3.8) is 0 Å². The predicted octanol–water partition coefficient (Wildman–Crippen LogP) is 3.45. The molecule has 3 heteroatoms. The summed E-state index contributed by atoms with van der Waals surface area (Å²) in [5, 5.41) is 4.18. The van der Waals surface area contributed by atoms with E-state index in [9.17, 15) is 4.79 Å². The zero-order valence-electron chi connectivity index (χ0n) is 12.0. The maximum atomic E-state index is 12.0. The first-order valence-electron chi connectivity index (χ1n) is 7.13. The molecule has 0 aliphatic carbocycles. The third-order valence-corrected chi connectivity index (χ3v) is 3.60. The van der Waals surface area contributed by atoms with E-state index in [-0.39, 0.29) is 5.91 Å². The summed E-state index contributed by atoms with van der Waals surface area (Å²) in [4.78, 5) is 15.2. The molecule has 3 rings (SSSR count). The molecule has 0 unspecified atom stereocenters. The molecule has 0 bridgehead atoms. The number of benzene rings is 2. The molecule has 0 fully saturated rings. The van der Waals surface area contributed by atoms with Crippen molar-refractivity contribution in [1.29, 1.82) is 0 Å². The van der Waals surface area contributed by atoms with Crippen molar-refractivity contribution in [3.8, 4) is 0 Å². The number of aromatic nitrogens is 1. The highest BCUT2D eigenvalue weighted by atomic mass is 16.1. The molecule has 0 saturated heterocycles.